The Labute approximate surface area is 179 Å². The molecule has 0 radical (unpaired) electrons. The van der Waals surface area contributed by atoms with Crippen molar-refractivity contribution in [3.63, 3.8) is 0 Å². The lowest BCUT2D eigenvalue weighted by Crippen LogP contribution is -2.23. The van der Waals surface area contributed by atoms with Crippen molar-refractivity contribution in [3.8, 4) is 11.4 Å². The first kappa shape index (κ1) is 21.9. The minimum Gasteiger partial charge on any atom is -0.339 e. The Bertz CT molecular complexity index is 1130. The maximum atomic E-state index is 12.7. The van der Waals surface area contributed by atoms with E-state index in [1.54, 1.807) is 34.9 Å². The third-order valence-corrected chi connectivity index (χ3v) is 4.60. The Hall–Kier alpha value is -3.75. The monoisotopic (exact) mass is 423 g/mol. The number of amides is 2. The number of nitrogens with one attached hydrogen (secondary N) is 2. The van der Waals surface area contributed by atoms with Crippen LogP contribution < -0.4 is 16.2 Å². The van der Waals surface area contributed by atoms with E-state index >= 15 is 0 Å². The van der Waals surface area contributed by atoms with Gasteiger partial charge in [-0.2, -0.15) is 4.98 Å². The lowest BCUT2D eigenvalue weighted by molar-refractivity contribution is -0.116. The molecule has 0 aliphatic rings. The molecule has 2 aromatic heterocycles. The molecule has 2 heterocycles. The van der Waals surface area contributed by atoms with E-state index in [0.717, 1.165) is 12.1 Å². The van der Waals surface area contributed by atoms with E-state index in [4.69, 9.17) is 4.52 Å². The van der Waals surface area contributed by atoms with E-state index in [1.807, 2.05) is 19.9 Å². The fourth-order valence-electron chi connectivity index (χ4n) is 3.09. The SMILES string of the molecule is CCCn1c(C)ccc(-c2noc(CCC(=O)Nc3ccc(NC(C)=O)cc3)n2)c1=O. The molecule has 0 unspecified atom stereocenters. The summed E-state index contributed by atoms with van der Waals surface area (Å²) in [6.07, 6.45) is 1.23. The van der Waals surface area contributed by atoms with Gasteiger partial charge in [0.05, 0.1) is 5.56 Å². The van der Waals surface area contributed by atoms with Gasteiger partial charge in [0, 0.05) is 43.4 Å². The maximum Gasteiger partial charge on any atom is 0.261 e. The van der Waals surface area contributed by atoms with Crippen LogP contribution in [-0.2, 0) is 22.6 Å². The van der Waals surface area contributed by atoms with Crippen molar-refractivity contribution in [1.29, 1.82) is 0 Å². The summed E-state index contributed by atoms with van der Waals surface area (Å²) in [7, 11) is 0. The van der Waals surface area contributed by atoms with E-state index < -0.39 is 0 Å². The molecule has 31 heavy (non-hydrogen) atoms. The highest BCUT2D eigenvalue weighted by Crippen LogP contribution is 2.16. The van der Waals surface area contributed by atoms with Crippen molar-refractivity contribution in [2.75, 3.05) is 10.6 Å². The molecular formula is C22H25N5O4. The Morgan fingerprint density at radius 3 is 2.39 bits per heavy atom. The fourth-order valence-corrected chi connectivity index (χ4v) is 3.09. The van der Waals surface area contributed by atoms with Gasteiger partial charge in [-0.25, -0.2) is 0 Å². The summed E-state index contributed by atoms with van der Waals surface area (Å²) in [6, 6.07) is 10.4. The molecule has 0 aliphatic heterocycles. The summed E-state index contributed by atoms with van der Waals surface area (Å²) in [4.78, 5) is 40.2. The van der Waals surface area contributed by atoms with E-state index in [1.165, 1.54) is 6.92 Å². The molecule has 0 atom stereocenters. The molecule has 0 bridgehead atoms. The molecule has 0 saturated carbocycles. The Balaban J connectivity index is 1.60. The summed E-state index contributed by atoms with van der Waals surface area (Å²) >= 11 is 0. The quantitative estimate of drug-likeness (QED) is 0.574. The predicted molar refractivity (Wildman–Crippen MR) is 117 cm³/mol. The second-order valence-electron chi connectivity index (χ2n) is 7.16. The second kappa shape index (κ2) is 9.84. The van der Waals surface area contributed by atoms with Gasteiger partial charge in [0.25, 0.3) is 5.56 Å². The Kier molecular flexibility index (Phi) is 6.96. The molecule has 9 heteroatoms. The lowest BCUT2D eigenvalue weighted by Gasteiger charge is -2.09. The highest BCUT2D eigenvalue weighted by Gasteiger charge is 2.15. The van der Waals surface area contributed by atoms with Gasteiger partial charge in [0.1, 0.15) is 0 Å². The molecular weight excluding hydrogens is 398 g/mol. The van der Waals surface area contributed by atoms with Crippen LogP contribution in [0.4, 0.5) is 11.4 Å². The Morgan fingerprint density at radius 1 is 1.06 bits per heavy atom. The molecule has 3 rings (SSSR count). The van der Waals surface area contributed by atoms with Crippen molar-refractivity contribution in [1.82, 2.24) is 14.7 Å². The molecule has 9 nitrogen and oxygen atoms in total. The molecule has 0 spiro atoms. The first-order valence-corrected chi connectivity index (χ1v) is 10.1. The van der Waals surface area contributed by atoms with Crippen molar-refractivity contribution in [3.05, 3.63) is 58.3 Å². The summed E-state index contributed by atoms with van der Waals surface area (Å²) < 4.78 is 6.92. The number of pyridine rings is 1. The average molecular weight is 423 g/mol. The van der Waals surface area contributed by atoms with E-state index in [-0.39, 0.29) is 41.9 Å². The number of carbonyl (C=O) groups excluding carboxylic acids is 2. The second-order valence-corrected chi connectivity index (χ2v) is 7.16. The van der Waals surface area contributed by atoms with Gasteiger partial charge in [-0.3, -0.25) is 14.4 Å². The van der Waals surface area contributed by atoms with Crippen LogP contribution in [0.25, 0.3) is 11.4 Å². The standard InChI is InChI=1S/C22H25N5O4/c1-4-13-27-14(2)5-10-18(22(27)30)21-25-20(31-26-21)12-11-19(29)24-17-8-6-16(7-9-17)23-15(3)28/h5-10H,4,11-13H2,1-3H3,(H,23,28)(H,24,29). The van der Waals surface area contributed by atoms with Crippen molar-refractivity contribution < 1.29 is 14.1 Å². The number of hydrogen-bond donors (Lipinski definition) is 2. The molecule has 2 N–H and O–H groups in total. The zero-order valence-electron chi connectivity index (χ0n) is 17.8. The van der Waals surface area contributed by atoms with Crippen LogP contribution in [-0.4, -0.2) is 26.5 Å². The topological polar surface area (TPSA) is 119 Å². The number of carbonyl (C=O) groups is 2. The molecule has 1 aromatic carbocycles. The van der Waals surface area contributed by atoms with Gasteiger partial charge in [-0.15, -0.1) is 0 Å². The van der Waals surface area contributed by atoms with E-state index in [2.05, 4.69) is 20.8 Å². The van der Waals surface area contributed by atoms with Gasteiger partial charge < -0.3 is 19.7 Å². The number of aryl methyl sites for hydroxylation is 2. The molecule has 162 valence electrons. The normalized spacial score (nSPS) is 10.7. The van der Waals surface area contributed by atoms with Crippen LogP contribution >= 0.6 is 0 Å². The minimum absolute atomic E-state index is 0.142. The van der Waals surface area contributed by atoms with Gasteiger partial charge >= 0.3 is 0 Å². The molecule has 0 fully saturated rings. The summed E-state index contributed by atoms with van der Waals surface area (Å²) in [5.41, 5.74) is 2.35. The molecule has 0 aliphatic carbocycles. The van der Waals surface area contributed by atoms with Crippen molar-refractivity contribution in [2.45, 2.75) is 46.6 Å². The number of benzene rings is 1. The average Bonchev–Trinajstić information content (AvgIpc) is 3.19. The highest BCUT2D eigenvalue weighted by molar-refractivity contribution is 5.92. The van der Waals surface area contributed by atoms with Crippen molar-refractivity contribution >= 4 is 23.2 Å². The van der Waals surface area contributed by atoms with Gasteiger partial charge in [0.2, 0.25) is 23.5 Å². The number of hydrogen-bond acceptors (Lipinski definition) is 6. The lowest BCUT2D eigenvalue weighted by atomic mass is 10.2. The summed E-state index contributed by atoms with van der Waals surface area (Å²) in [6.45, 7) is 5.94. The number of anilines is 2. The van der Waals surface area contributed by atoms with Crippen LogP contribution in [0.2, 0.25) is 0 Å². The third-order valence-electron chi connectivity index (χ3n) is 4.60. The summed E-state index contributed by atoms with van der Waals surface area (Å²) in [5, 5.41) is 9.34. The van der Waals surface area contributed by atoms with Crippen LogP contribution in [0.1, 0.15) is 38.3 Å². The first-order chi connectivity index (χ1) is 14.9. The van der Waals surface area contributed by atoms with Crippen LogP contribution in [0, 0.1) is 6.92 Å². The zero-order valence-corrected chi connectivity index (χ0v) is 17.8. The zero-order chi connectivity index (χ0) is 22.4. The molecule has 0 saturated heterocycles. The third kappa shape index (κ3) is 5.65. The summed E-state index contributed by atoms with van der Waals surface area (Å²) in [5.74, 6) is 0.130. The highest BCUT2D eigenvalue weighted by atomic mass is 16.5. The van der Waals surface area contributed by atoms with Gasteiger partial charge in [0.15, 0.2) is 0 Å². The van der Waals surface area contributed by atoms with Crippen molar-refractivity contribution in [2.24, 2.45) is 0 Å². The number of nitrogens with zero attached hydrogens (tertiary/aromatic N) is 3. The number of aromatic nitrogens is 3. The Morgan fingerprint density at radius 2 is 1.74 bits per heavy atom. The molecule has 3 aromatic rings. The van der Waals surface area contributed by atoms with Crippen LogP contribution in [0.3, 0.4) is 0 Å². The number of rotatable bonds is 8. The van der Waals surface area contributed by atoms with Crippen LogP contribution in [0.5, 0.6) is 0 Å². The first-order valence-electron chi connectivity index (χ1n) is 10.1. The largest absolute Gasteiger partial charge is 0.339 e. The molecule has 2 amide bonds. The van der Waals surface area contributed by atoms with E-state index in [9.17, 15) is 14.4 Å². The fraction of sp³-hybridized carbons (Fsp3) is 0.318. The maximum absolute atomic E-state index is 12.7. The minimum atomic E-state index is -0.215. The van der Waals surface area contributed by atoms with E-state index in [0.29, 0.717) is 23.5 Å². The van der Waals surface area contributed by atoms with Crippen LogP contribution in [0.15, 0.2) is 45.7 Å². The predicted octanol–water partition coefficient (Wildman–Crippen LogP) is 3.15. The van der Waals surface area contributed by atoms with Gasteiger partial charge in [-0.05, 0) is 49.7 Å². The smallest absolute Gasteiger partial charge is 0.261 e. The van der Waals surface area contributed by atoms with Gasteiger partial charge in [-0.1, -0.05) is 12.1 Å².